The highest BCUT2D eigenvalue weighted by Crippen LogP contribution is 2.49. The summed E-state index contributed by atoms with van der Waals surface area (Å²) in [7, 11) is -6.79. The van der Waals surface area contributed by atoms with Crippen LogP contribution in [0, 0.1) is 11.8 Å². The van der Waals surface area contributed by atoms with Gasteiger partial charge in [0.1, 0.15) is 30.0 Å². The summed E-state index contributed by atoms with van der Waals surface area (Å²) in [6, 6.07) is 29.3. The van der Waals surface area contributed by atoms with E-state index in [1.807, 2.05) is 44.2 Å². The molecule has 19 heteroatoms. The Kier molecular flexibility index (Phi) is 18.4. The summed E-state index contributed by atoms with van der Waals surface area (Å²) in [4.78, 5) is 26.3. The van der Waals surface area contributed by atoms with E-state index in [-0.39, 0.29) is 67.6 Å². The Morgan fingerprint density at radius 3 is 2.21 bits per heavy atom. The van der Waals surface area contributed by atoms with Crippen molar-refractivity contribution in [3.63, 3.8) is 0 Å². The number of esters is 1. The van der Waals surface area contributed by atoms with Gasteiger partial charge in [-0.3, -0.25) is 4.52 Å². The van der Waals surface area contributed by atoms with E-state index in [4.69, 9.17) is 42.2 Å². The van der Waals surface area contributed by atoms with Gasteiger partial charge >= 0.3 is 19.7 Å². The number of amides is 1. The van der Waals surface area contributed by atoms with Crippen molar-refractivity contribution in [2.24, 2.45) is 11.8 Å². The number of rotatable bonds is 25. The summed E-state index contributed by atoms with van der Waals surface area (Å²) in [6.45, 7) is 5.93. The van der Waals surface area contributed by atoms with Crippen LogP contribution in [0.1, 0.15) is 38.3 Å². The van der Waals surface area contributed by atoms with Gasteiger partial charge in [-0.25, -0.2) is 22.6 Å². The molecule has 4 aromatic rings. The van der Waals surface area contributed by atoms with Crippen molar-refractivity contribution in [3.8, 4) is 17.2 Å². The fourth-order valence-electron chi connectivity index (χ4n) is 7.28. The highest BCUT2D eigenvalue weighted by Gasteiger charge is 2.44. The average Bonchev–Trinajstić information content (AvgIpc) is 3.94. The second kappa shape index (κ2) is 24.1. The maximum absolute atomic E-state index is 14.2. The maximum atomic E-state index is 14.2. The van der Waals surface area contributed by atoms with Crippen LogP contribution in [0.3, 0.4) is 0 Å². The molecule has 2 heterocycles. The molecule has 17 nitrogen and oxygen atoms in total. The van der Waals surface area contributed by atoms with E-state index in [9.17, 15) is 27.7 Å². The molecule has 0 spiro atoms. The molecule has 2 N–H and O–H groups in total. The fourth-order valence-corrected chi connectivity index (χ4v) is 10.4. The minimum Gasteiger partial charge on any atom is -0.497 e. The van der Waals surface area contributed by atoms with Crippen LogP contribution in [0.25, 0.3) is 0 Å². The first-order valence-electron chi connectivity index (χ1n) is 21.8. The molecular formula is C47H59N2O15PS. The number of para-hydroxylation sites is 1. The summed E-state index contributed by atoms with van der Waals surface area (Å²) in [5, 5.41) is 14.6. The first-order chi connectivity index (χ1) is 31.7. The number of aliphatic hydroxyl groups is 1. The number of carbonyl (C=O) groups excluding carboxylic acids is 2. The van der Waals surface area contributed by atoms with Gasteiger partial charge in [0.15, 0.2) is 12.4 Å². The Labute approximate surface area is 386 Å². The molecule has 0 saturated carbocycles. The summed E-state index contributed by atoms with van der Waals surface area (Å²) in [5.41, 5.74) is 1.60. The lowest BCUT2D eigenvalue weighted by atomic mass is 10.0. The number of methoxy groups -OCH3 is 1. The maximum Gasteiger partial charge on any atom is 0.417 e. The molecule has 1 amide bonds. The summed E-state index contributed by atoms with van der Waals surface area (Å²) >= 11 is 0. The van der Waals surface area contributed by atoms with Crippen molar-refractivity contribution in [2.75, 3.05) is 53.0 Å². The zero-order chi connectivity index (χ0) is 47.1. The highest BCUT2D eigenvalue weighted by atomic mass is 32.2. The zero-order valence-electron chi connectivity index (χ0n) is 37.5. The Morgan fingerprint density at radius 2 is 1.53 bits per heavy atom. The number of hydrogen-bond donors (Lipinski definition) is 2. The number of sulfonamides is 1. The molecule has 4 aromatic carbocycles. The number of aliphatic hydroxyl groups excluding tert-OH is 1. The van der Waals surface area contributed by atoms with Gasteiger partial charge in [-0.15, -0.1) is 0 Å². The lowest BCUT2D eigenvalue weighted by Crippen LogP contribution is -2.51. The third-order valence-electron chi connectivity index (χ3n) is 10.7. The predicted octanol–water partition coefficient (Wildman–Crippen LogP) is 6.58. The Hall–Kier alpha value is -5.04. The van der Waals surface area contributed by atoms with Crippen LogP contribution in [-0.2, 0) is 60.6 Å². The molecule has 0 bridgehead atoms. The van der Waals surface area contributed by atoms with Gasteiger partial charge in [-0.05, 0) is 85.3 Å². The highest BCUT2D eigenvalue weighted by molar-refractivity contribution is 7.89. The second-order valence-corrected chi connectivity index (χ2v) is 20.1. The van der Waals surface area contributed by atoms with Gasteiger partial charge in [0.2, 0.25) is 16.4 Å². The van der Waals surface area contributed by atoms with E-state index in [1.54, 1.807) is 66.7 Å². The molecular weight excluding hydrogens is 896 g/mol. The second-order valence-electron chi connectivity index (χ2n) is 16.3. The van der Waals surface area contributed by atoms with Crippen molar-refractivity contribution >= 4 is 29.7 Å². The Morgan fingerprint density at radius 1 is 0.848 bits per heavy atom. The number of hydrogen-bond acceptors (Lipinski definition) is 15. The summed E-state index contributed by atoms with van der Waals surface area (Å²) in [5.74, 6) is -0.0336. The van der Waals surface area contributed by atoms with Gasteiger partial charge in [0.25, 0.3) is 0 Å². The molecule has 2 aliphatic rings. The fraction of sp³-hybridized carbons (Fsp3) is 0.447. The minimum atomic E-state index is -4.17. The first-order valence-corrected chi connectivity index (χ1v) is 24.9. The molecule has 7 atom stereocenters. The predicted molar refractivity (Wildman–Crippen MR) is 242 cm³/mol. The van der Waals surface area contributed by atoms with Crippen molar-refractivity contribution in [1.82, 2.24) is 9.62 Å². The summed E-state index contributed by atoms with van der Waals surface area (Å²) in [6.07, 6.45) is -4.41. The van der Waals surface area contributed by atoms with Gasteiger partial charge in [0, 0.05) is 13.1 Å². The first kappa shape index (κ1) is 50.4. The SMILES string of the molecule is COc1ccc(S(=O)(=O)N(CC(C)C)C[C@@H](O)[C@H](Cc2ccc(OCP(=O)(Oc3ccccc3)O[C@@H](C)C(=O)OCCOCc3ccccc3)cc2)NC(=O)O[C@H]2CO[C@H]3OCC[C@H]32)cc1. The molecule has 2 saturated heterocycles. The third-order valence-corrected chi connectivity index (χ3v) is 14.1. The lowest BCUT2D eigenvalue weighted by Gasteiger charge is -2.31. The van der Waals surface area contributed by atoms with Gasteiger partial charge in [0.05, 0.1) is 56.5 Å². The molecule has 2 fully saturated rings. The number of alkyl carbamates (subject to hydrolysis) is 1. The van der Waals surface area contributed by atoms with Crippen LogP contribution in [0.15, 0.2) is 114 Å². The van der Waals surface area contributed by atoms with E-state index in [0.29, 0.717) is 30.9 Å². The molecule has 0 aromatic heterocycles. The number of nitrogens with zero attached hydrogens (tertiary/aromatic N) is 1. The molecule has 6 rings (SSSR count). The monoisotopic (exact) mass is 954 g/mol. The van der Waals surface area contributed by atoms with E-state index in [0.717, 1.165) is 5.56 Å². The number of fused-ring (bicyclic) bond motifs is 1. The molecule has 1 unspecified atom stereocenters. The molecule has 66 heavy (non-hydrogen) atoms. The van der Waals surface area contributed by atoms with Crippen molar-refractivity contribution < 1.29 is 69.9 Å². The number of ether oxygens (including phenoxy) is 7. The van der Waals surface area contributed by atoms with E-state index in [1.165, 1.54) is 30.5 Å². The third kappa shape index (κ3) is 14.7. The van der Waals surface area contributed by atoms with Crippen molar-refractivity contribution in [3.05, 3.63) is 120 Å². The number of nitrogens with one attached hydrogen (secondary N) is 1. The quantitative estimate of drug-likeness (QED) is 0.0410. The van der Waals surface area contributed by atoms with Crippen LogP contribution in [0.5, 0.6) is 17.2 Å². The molecule has 2 aliphatic heterocycles. The standard InChI is InChI=1S/C47H59N2O15PS/c1-33(2)28-49(66(54,55)40-21-19-37(56-4)20-22-40)29-43(50)42(48-47(52)62-44-31-60-46-41(44)23-24-59-46)27-35-15-17-38(18-16-35)61-32-65(53,64-39-13-9-6-10-14-39)63-34(3)45(51)58-26-25-57-30-36-11-7-5-8-12-36/h5-22,33-34,41-44,46,50H,23-32H2,1-4H3,(H,48,52)/t34-,41-,42-,43+,44-,46+,65?/m0/s1. The van der Waals surface area contributed by atoms with Crippen LogP contribution >= 0.6 is 7.60 Å². The van der Waals surface area contributed by atoms with Gasteiger partial charge in [-0.2, -0.15) is 4.31 Å². The Balaban J connectivity index is 1.12. The number of benzene rings is 4. The number of carbonyl (C=O) groups is 2. The largest absolute Gasteiger partial charge is 0.497 e. The average molecular weight is 955 g/mol. The normalized spacial score (nSPS) is 19.3. The Bertz CT molecular complexity index is 2290. The van der Waals surface area contributed by atoms with Crippen LogP contribution in [0.2, 0.25) is 0 Å². The smallest absolute Gasteiger partial charge is 0.417 e. The summed E-state index contributed by atoms with van der Waals surface area (Å²) < 4.78 is 93.8. The molecule has 358 valence electrons. The van der Waals surface area contributed by atoms with Gasteiger partial charge < -0.3 is 48.1 Å². The van der Waals surface area contributed by atoms with E-state index < -0.39 is 66.7 Å². The van der Waals surface area contributed by atoms with Crippen LogP contribution in [-0.4, -0.2) is 114 Å². The van der Waals surface area contributed by atoms with E-state index >= 15 is 0 Å². The lowest BCUT2D eigenvalue weighted by molar-refractivity contribution is -0.153. The molecule has 0 aliphatic carbocycles. The topological polar surface area (TPSA) is 204 Å². The zero-order valence-corrected chi connectivity index (χ0v) is 39.2. The van der Waals surface area contributed by atoms with Crippen LogP contribution in [0.4, 0.5) is 4.79 Å². The van der Waals surface area contributed by atoms with Crippen molar-refractivity contribution in [2.45, 2.75) is 75.8 Å². The van der Waals surface area contributed by atoms with Crippen molar-refractivity contribution in [1.29, 1.82) is 0 Å². The minimum absolute atomic E-state index is 0.0176. The van der Waals surface area contributed by atoms with E-state index in [2.05, 4.69) is 5.32 Å². The van der Waals surface area contributed by atoms with Gasteiger partial charge in [-0.1, -0.05) is 74.5 Å². The van der Waals surface area contributed by atoms with Crippen LogP contribution < -0.4 is 19.3 Å². The molecule has 0 radical (unpaired) electrons.